The lowest BCUT2D eigenvalue weighted by molar-refractivity contribution is -0.141. The van der Waals surface area contributed by atoms with E-state index in [2.05, 4.69) is 5.10 Å². The van der Waals surface area contributed by atoms with Crippen LogP contribution in [0.1, 0.15) is 36.3 Å². The topological polar surface area (TPSA) is 84.7 Å². The Bertz CT molecular complexity index is 822. The molecule has 1 aromatic heterocycles. The second-order valence-corrected chi connectivity index (χ2v) is 6.62. The van der Waals surface area contributed by atoms with Crippen molar-refractivity contribution in [3.05, 3.63) is 47.5 Å². The summed E-state index contributed by atoms with van der Waals surface area (Å²) in [5.74, 6) is -2.34. The molecule has 152 valence electrons. The van der Waals surface area contributed by atoms with E-state index in [1.165, 1.54) is 21.7 Å². The van der Waals surface area contributed by atoms with Gasteiger partial charge in [-0.25, -0.2) is 9.07 Å². The highest BCUT2D eigenvalue weighted by molar-refractivity contribution is 5.92. The molecule has 1 atom stereocenters. The minimum Gasteiger partial charge on any atom is -0.481 e. The number of benzene rings is 1. The fourth-order valence-corrected chi connectivity index (χ4v) is 2.80. The van der Waals surface area contributed by atoms with Gasteiger partial charge in [0.1, 0.15) is 5.82 Å². The van der Waals surface area contributed by atoms with Gasteiger partial charge in [-0.3, -0.25) is 9.59 Å². The minimum absolute atomic E-state index is 0.0860. The molecule has 0 radical (unpaired) electrons. The maximum absolute atomic E-state index is 13.3. The summed E-state index contributed by atoms with van der Waals surface area (Å²) in [5, 5.41) is 13.5. The van der Waals surface area contributed by atoms with Crippen LogP contribution >= 0.6 is 0 Å². The molecule has 0 fully saturated rings. The number of aliphatic carboxylic acids is 1. The van der Waals surface area contributed by atoms with Crippen LogP contribution in [-0.4, -0.2) is 58.0 Å². The van der Waals surface area contributed by atoms with Crippen LogP contribution < -0.4 is 0 Å². The van der Waals surface area contributed by atoms with E-state index >= 15 is 0 Å². The van der Waals surface area contributed by atoms with Crippen molar-refractivity contribution >= 4 is 11.9 Å². The normalized spacial score (nSPS) is 12.0. The van der Waals surface area contributed by atoms with Crippen molar-refractivity contribution in [1.82, 2.24) is 14.7 Å². The summed E-state index contributed by atoms with van der Waals surface area (Å²) < 4.78 is 20.1. The van der Waals surface area contributed by atoms with Crippen molar-refractivity contribution < 1.29 is 23.8 Å². The summed E-state index contributed by atoms with van der Waals surface area (Å²) >= 11 is 0. The van der Waals surface area contributed by atoms with Crippen molar-refractivity contribution in [1.29, 1.82) is 0 Å². The van der Waals surface area contributed by atoms with Gasteiger partial charge in [0.15, 0.2) is 5.69 Å². The molecule has 0 saturated carbocycles. The molecule has 1 aromatic carbocycles. The molecule has 0 aliphatic heterocycles. The number of aryl methyl sites for hydroxylation is 1. The van der Waals surface area contributed by atoms with E-state index in [1.807, 2.05) is 6.92 Å². The highest BCUT2D eigenvalue weighted by Crippen LogP contribution is 2.16. The van der Waals surface area contributed by atoms with Crippen LogP contribution in [0.15, 0.2) is 30.5 Å². The first-order valence-electron chi connectivity index (χ1n) is 9.25. The van der Waals surface area contributed by atoms with E-state index in [9.17, 15) is 19.1 Å². The third-order valence-corrected chi connectivity index (χ3v) is 4.34. The number of amides is 1. The standard InChI is InChI=1S/C20H26FN3O4/c1-4-28-11-5-9-23(13-15(3)20(26)27)19(25)17-8-10-24(22-17)18-7-6-16(21)12-14(18)2/h6-8,10,12,15H,4-5,9,11,13H2,1-3H3,(H,26,27). The van der Waals surface area contributed by atoms with Crippen LogP contribution in [0.2, 0.25) is 0 Å². The number of hydrogen-bond donors (Lipinski definition) is 1. The van der Waals surface area contributed by atoms with E-state index in [4.69, 9.17) is 4.74 Å². The highest BCUT2D eigenvalue weighted by Gasteiger charge is 2.23. The first-order chi connectivity index (χ1) is 13.3. The van der Waals surface area contributed by atoms with E-state index < -0.39 is 11.9 Å². The van der Waals surface area contributed by atoms with E-state index in [-0.39, 0.29) is 24.0 Å². The second-order valence-electron chi connectivity index (χ2n) is 6.62. The summed E-state index contributed by atoms with van der Waals surface area (Å²) in [6, 6.07) is 5.90. The number of hydrogen-bond acceptors (Lipinski definition) is 4. The molecule has 2 rings (SSSR count). The summed E-state index contributed by atoms with van der Waals surface area (Å²) in [6.45, 7) is 6.74. The van der Waals surface area contributed by atoms with Crippen LogP contribution in [0.5, 0.6) is 0 Å². The Morgan fingerprint density at radius 3 is 2.75 bits per heavy atom. The Morgan fingerprint density at radius 2 is 2.11 bits per heavy atom. The lowest BCUT2D eigenvalue weighted by Gasteiger charge is -2.23. The number of halogens is 1. The number of carboxylic acids is 1. The molecule has 1 N–H and O–H groups in total. The lowest BCUT2D eigenvalue weighted by Crippen LogP contribution is -2.38. The molecule has 0 aliphatic carbocycles. The van der Waals surface area contributed by atoms with Gasteiger partial charge in [-0.2, -0.15) is 5.10 Å². The average Bonchev–Trinajstić information content (AvgIpc) is 3.13. The Morgan fingerprint density at radius 1 is 1.36 bits per heavy atom. The average molecular weight is 391 g/mol. The summed E-state index contributed by atoms with van der Waals surface area (Å²) in [6.07, 6.45) is 2.23. The molecule has 7 nitrogen and oxygen atoms in total. The predicted octanol–water partition coefficient (Wildman–Crippen LogP) is 2.91. The number of carbonyl (C=O) groups excluding carboxylic acids is 1. The summed E-state index contributed by atoms with van der Waals surface area (Å²) in [4.78, 5) is 25.6. The summed E-state index contributed by atoms with van der Waals surface area (Å²) in [5.41, 5.74) is 1.56. The Labute approximate surface area is 163 Å². The number of rotatable bonds is 10. The van der Waals surface area contributed by atoms with Gasteiger partial charge in [0.05, 0.1) is 11.6 Å². The zero-order valence-corrected chi connectivity index (χ0v) is 16.4. The Balaban J connectivity index is 2.18. The molecule has 2 aromatic rings. The van der Waals surface area contributed by atoms with Crippen LogP contribution in [0, 0.1) is 18.7 Å². The van der Waals surface area contributed by atoms with Gasteiger partial charge in [0.25, 0.3) is 5.91 Å². The van der Waals surface area contributed by atoms with Gasteiger partial charge in [-0.1, -0.05) is 6.92 Å². The smallest absolute Gasteiger partial charge is 0.308 e. The Kier molecular flexibility index (Phi) is 7.69. The van der Waals surface area contributed by atoms with Gasteiger partial charge in [0, 0.05) is 32.5 Å². The fourth-order valence-electron chi connectivity index (χ4n) is 2.80. The van der Waals surface area contributed by atoms with E-state index in [0.717, 1.165) is 0 Å². The van der Waals surface area contributed by atoms with Crippen molar-refractivity contribution in [3.63, 3.8) is 0 Å². The summed E-state index contributed by atoms with van der Waals surface area (Å²) in [7, 11) is 0. The molecular weight excluding hydrogens is 365 g/mol. The molecule has 0 saturated heterocycles. The molecule has 1 heterocycles. The maximum atomic E-state index is 13.3. The molecule has 0 bridgehead atoms. The van der Waals surface area contributed by atoms with Crippen LogP contribution in [0.3, 0.4) is 0 Å². The molecule has 1 amide bonds. The fraction of sp³-hybridized carbons (Fsp3) is 0.450. The SMILES string of the molecule is CCOCCCN(CC(C)C(=O)O)C(=O)c1ccn(-c2ccc(F)cc2C)n1. The molecule has 0 spiro atoms. The zero-order chi connectivity index (χ0) is 20.7. The minimum atomic E-state index is -0.963. The number of carboxylic acid groups (broad SMARTS) is 1. The molecule has 0 aliphatic rings. The largest absolute Gasteiger partial charge is 0.481 e. The third-order valence-electron chi connectivity index (χ3n) is 4.34. The predicted molar refractivity (Wildman–Crippen MR) is 102 cm³/mol. The van der Waals surface area contributed by atoms with Crippen molar-refractivity contribution in [3.8, 4) is 5.69 Å². The zero-order valence-electron chi connectivity index (χ0n) is 16.4. The number of carbonyl (C=O) groups is 2. The third kappa shape index (κ3) is 5.63. The highest BCUT2D eigenvalue weighted by atomic mass is 19.1. The molecule has 1 unspecified atom stereocenters. The van der Waals surface area contributed by atoms with Gasteiger partial charge in [-0.15, -0.1) is 0 Å². The van der Waals surface area contributed by atoms with Gasteiger partial charge < -0.3 is 14.7 Å². The van der Waals surface area contributed by atoms with Gasteiger partial charge in [0.2, 0.25) is 0 Å². The second kappa shape index (κ2) is 9.98. The van der Waals surface area contributed by atoms with E-state index in [0.29, 0.717) is 37.4 Å². The van der Waals surface area contributed by atoms with Crippen LogP contribution in [0.25, 0.3) is 5.69 Å². The van der Waals surface area contributed by atoms with Crippen LogP contribution in [-0.2, 0) is 9.53 Å². The maximum Gasteiger partial charge on any atom is 0.308 e. The number of ether oxygens (including phenoxy) is 1. The van der Waals surface area contributed by atoms with Crippen molar-refractivity contribution in [2.45, 2.75) is 27.2 Å². The van der Waals surface area contributed by atoms with Crippen molar-refractivity contribution in [2.24, 2.45) is 5.92 Å². The van der Waals surface area contributed by atoms with Crippen molar-refractivity contribution in [2.75, 3.05) is 26.3 Å². The van der Waals surface area contributed by atoms with Crippen LogP contribution in [0.4, 0.5) is 4.39 Å². The van der Waals surface area contributed by atoms with Gasteiger partial charge in [-0.05, 0) is 50.1 Å². The molecule has 8 heteroatoms. The quantitative estimate of drug-likeness (QED) is 0.630. The molecular formula is C20H26FN3O4. The number of aromatic nitrogens is 2. The monoisotopic (exact) mass is 391 g/mol. The van der Waals surface area contributed by atoms with E-state index in [1.54, 1.807) is 32.2 Å². The number of nitrogens with zero attached hydrogens (tertiary/aromatic N) is 3. The lowest BCUT2D eigenvalue weighted by atomic mass is 10.1. The Hall–Kier alpha value is -2.74. The first-order valence-corrected chi connectivity index (χ1v) is 9.25. The molecule has 28 heavy (non-hydrogen) atoms. The first kappa shape index (κ1) is 21.6. The van der Waals surface area contributed by atoms with Gasteiger partial charge >= 0.3 is 5.97 Å².